The lowest BCUT2D eigenvalue weighted by molar-refractivity contribution is 0.0605. The maximum atomic E-state index is 9.19. The summed E-state index contributed by atoms with van der Waals surface area (Å²) in [4.78, 5) is 0. The molecule has 0 amide bonds. The summed E-state index contributed by atoms with van der Waals surface area (Å²) >= 11 is 0. The highest BCUT2D eigenvalue weighted by atomic mass is 16.3. The third-order valence-electron chi connectivity index (χ3n) is 4.15. The van der Waals surface area contributed by atoms with Crippen LogP contribution < -0.4 is 0 Å². The number of aliphatic hydroxyl groups excluding tert-OH is 2. The lowest BCUT2D eigenvalue weighted by Gasteiger charge is -2.24. The van der Waals surface area contributed by atoms with Crippen LogP contribution in [0.25, 0.3) is 0 Å². The van der Waals surface area contributed by atoms with E-state index >= 15 is 0 Å². The van der Waals surface area contributed by atoms with Crippen molar-refractivity contribution in [2.75, 3.05) is 13.2 Å². The normalized spacial score (nSPS) is 12.0. The largest absolute Gasteiger partial charge is 0.396 e. The van der Waals surface area contributed by atoms with Crippen molar-refractivity contribution in [2.24, 2.45) is 5.41 Å². The molecule has 0 aliphatic heterocycles. The van der Waals surface area contributed by atoms with E-state index in [1.54, 1.807) is 0 Å². The predicted octanol–water partition coefficient (Wildman–Crippen LogP) is 4.68. The van der Waals surface area contributed by atoms with E-state index in [-0.39, 0.29) is 18.6 Å². The number of rotatable bonds is 14. The molecule has 2 N–H and O–H groups in total. The van der Waals surface area contributed by atoms with Crippen molar-refractivity contribution in [3.8, 4) is 0 Å². The van der Waals surface area contributed by atoms with E-state index in [0.29, 0.717) is 0 Å². The van der Waals surface area contributed by atoms with Crippen molar-refractivity contribution in [3.05, 3.63) is 0 Å². The van der Waals surface area contributed by atoms with E-state index in [1.165, 1.54) is 64.2 Å². The van der Waals surface area contributed by atoms with Gasteiger partial charge >= 0.3 is 0 Å². The second kappa shape index (κ2) is 12.9. The molecule has 0 radical (unpaired) electrons. The maximum Gasteiger partial charge on any atom is 0.0506 e. The fraction of sp³-hybridized carbons (Fsp3) is 1.00. The van der Waals surface area contributed by atoms with Crippen LogP contribution in [0, 0.1) is 5.41 Å². The molecule has 0 aromatic heterocycles. The molecule has 0 aliphatic rings. The van der Waals surface area contributed by atoms with Gasteiger partial charge in [0.05, 0.1) is 13.2 Å². The van der Waals surface area contributed by atoms with Gasteiger partial charge in [-0.15, -0.1) is 0 Å². The van der Waals surface area contributed by atoms with Gasteiger partial charge in [0.2, 0.25) is 0 Å². The first-order valence-electron chi connectivity index (χ1n) is 8.40. The third kappa shape index (κ3) is 11.4. The van der Waals surface area contributed by atoms with Gasteiger partial charge in [0.1, 0.15) is 0 Å². The van der Waals surface area contributed by atoms with Crippen molar-refractivity contribution in [1.29, 1.82) is 0 Å². The Kier molecular flexibility index (Phi) is 12.9. The van der Waals surface area contributed by atoms with E-state index in [1.807, 2.05) is 6.92 Å². The zero-order valence-corrected chi connectivity index (χ0v) is 13.3. The van der Waals surface area contributed by atoms with Gasteiger partial charge in [0.15, 0.2) is 0 Å². The van der Waals surface area contributed by atoms with Gasteiger partial charge in [0, 0.05) is 5.41 Å². The maximum absolute atomic E-state index is 9.19. The quantitative estimate of drug-likeness (QED) is 0.451. The molecule has 0 saturated heterocycles. The van der Waals surface area contributed by atoms with Gasteiger partial charge in [-0.05, 0) is 6.42 Å². The topological polar surface area (TPSA) is 40.5 Å². The van der Waals surface area contributed by atoms with Crippen molar-refractivity contribution < 1.29 is 10.2 Å². The Labute approximate surface area is 120 Å². The summed E-state index contributed by atoms with van der Waals surface area (Å²) in [6.45, 7) is 4.42. The Morgan fingerprint density at radius 1 is 0.632 bits per heavy atom. The summed E-state index contributed by atoms with van der Waals surface area (Å²) < 4.78 is 0. The van der Waals surface area contributed by atoms with E-state index in [4.69, 9.17) is 0 Å². The molecule has 0 fully saturated rings. The average molecular weight is 272 g/mol. The standard InChI is InChI=1S/C17H36O2/c1-3-4-5-6-7-8-9-10-11-12-13-14-17(2,15-18)16-19/h18-19H,3-16H2,1-2H3. The van der Waals surface area contributed by atoms with Crippen molar-refractivity contribution >= 4 is 0 Å². The molecule has 0 bridgehead atoms. The molecular formula is C17H36O2. The van der Waals surface area contributed by atoms with Gasteiger partial charge in [-0.1, -0.05) is 84.5 Å². The van der Waals surface area contributed by atoms with Crippen molar-refractivity contribution in [3.63, 3.8) is 0 Å². The van der Waals surface area contributed by atoms with Gasteiger partial charge in [-0.3, -0.25) is 0 Å². The van der Waals surface area contributed by atoms with E-state index in [9.17, 15) is 10.2 Å². The third-order valence-corrected chi connectivity index (χ3v) is 4.15. The number of aliphatic hydroxyl groups is 2. The van der Waals surface area contributed by atoms with Crippen LogP contribution in [0.4, 0.5) is 0 Å². The fourth-order valence-corrected chi connectivity index (χ4v) is 2.42. The van der Waals surface area contributed by atoms with Gasteiger partial charge < -0.3 is 10.2 Å². The highest BCUT2D eigenvalue weighted by Crippen LogP contribution is 2.23. The lowest BCUT2D eigenvalue weighted by atomic mass is 9.86. The summed E-state index contributed by atoms with van der Waals surface area (Å²) in [5.41, 5.74) is -0.265. The summed E-state index contributed by atoms with van der Waals surface area (Å²) in [5, 5.41) is 18.4. The molecule has 116 valence electrons. The fourth-order valence-electron chi connectivity index (χ4n) is 2.42. The van der Waals surface area contributed by atoms with Crippen LogP contribution in [0.5, 0.6) is 0 Å². The van der Waals surface area contributed by atoms with Crippen molar-refractivity contribution in [2.45, 2.75) is 90.9 Å². The Hall–Kier alpha value is -0.0800. The number of hydrogen-bond acceptors (Lipinski definition) is 2. The zero-order valence-electron chi connectivity index (χ0n) is 13.3. The average Bonchev–Trinajstić information content (AvgIpc) is 2.44. The Bertz CT molecular complexity index is 176. The minimum atomic E-state index is -0.265. The van der Waals surface area contributed by atoms with E-state index in [0.717, 1.165) is 12.8 Å². The van der Waals surface area contributed by atoms with E-state index in [2.05, 4.69) is 6.92 Å². The molecule has 0 aromatic carbocycles. The Morgan fingerprint density at radius 3 is 1.37 bits per heavy atom. The molecule has 0 aromatic rings. The Morgan fingerprint density at radius 2 is 1.00 bits per heavy atom. The molecule has 0 saturated carbocycles. The van der Waals surface area contributed by atoms with Gasteiger partial charge in [-0.25, -0.2) is 0 Å². The van der Waals surface area contributed by atoms with Crippen LogP contribution in [0.3, 0.4) is 0 Å². The van der Waals surface area contributed by atoms with E-state index < -0.39 is 0 Å². The Balaban J connectivity index is 3.19. The first-order valence-corrected chi connectivity index (χ1v) is 8.40. The van der Waals surface area contributed by atoms with Crippen LogP contribution in [-0.2, 0) is 0 Å². The van der Waals surface area contributed by atoms with Crippen LogP contribution in [0.15, 0.2) is 0 Å². The number of unbranched alkanes of at least 4 members (excludes halogenated alkanes) is 10. The summed E-state index contributed by atoms with van der Waals surface area (Å²) in [5.74, 6) is 0. The molecule has 0 unspecified atom stereocenters. The van der Waals surface area contributed by atoms with Gasteiger partial charge in [0.25, 0.3) is 0 Å². The van der Waals surface area contributed by atoms with Crippen LogP contribution >= 0.6 is 0 Å². The monoisotopic (exact) mass is 272 g/mol. The summed E-state index contributed by atoms with van der Waals surface area (Å²) in [7, 11) is 0. The SMILES string of the molecule is CCCCCCCCCCCCCC(C)(CO)CO. The summed E-state index contributed by atoms with van der Waals surface area (Å²) in [6, 6.07) is 0. The zero-order chi connectivity index (χ0) is 14.4. The molecule has 0 aliphatic carbocycles. The summed E-state index contributed by atoms with van der Waals surface area (Å²) in [6.07, 6.45) is 15.7. The number of hydrogen-bond donors (Lipinski definition) is 2. The smallest absolute Gasteiger partial charge is 0.0506 e. The van der Waals surface area contributed by atoms with Gasteiger partial charge in [-0.2, -0.15) is 0 Å². The molecule has 2 heteroatoms. The first-order chi connectivity index (χ1) is 9.18. The highest BCUT2D eigenvalue weighted by molar-refractivity contribution is 4.71. The minimum absolute atomic E-state index is 0.0985. The second-order valence-corrected chi connectivity index (χ2v) is 6.41. The van der Waals surface area contributed by atoms with Crippen LogP contribution in [0.2, 0.25) is 0 Å². The molecule has 0 heterocycles. The molecule has 0 spiro atoms. The molecule has 0 atom stereocenters. The molecular weight excluding hydrogens is 236 g/mol. The molecule has 19 heavy (non-hydrogen) atoms. The highest BCUT2D eigenvalue weighted by Gasteiger charge is 2.21. The van der Waals surface area contributed by atoms with Crippen LogP contribution in [0.1, 0.15) is 90.9 Å². The second-order valence-electron chi connectivity index (χ2n) is 6.41. The molecule has 2 nitrogen and oxygen atoms in total. The van der Waals surface area contributed by atoms with Crippen LogP contribution in [-0.4, -0.2) is 23.4 Å². The first kappa shape index (κ1) is 18.9. The van der Waals surface area contributed by atoms with Crippen molar-refractivity contribution in [1.82, 2.24) is 0 Å². The molecule has 0 rings (SSSR count). The predicted molar refractivity (Wildman–Crippen MR) is 83.4 cm³/mol. The minimum Gasteiger partial charge on any atom is -0.396 e. The lowest BCUT2D eigenvalue weighted by Crippen LogP contribution is -2.25.